The molecule has 3 nitrogen and oxygen atoms in total. The van der Waals surface area contributed by atoms with Gasteiger partial charge in [-0.3, -0.25) is 0 Å². The average Bonchev–Trinajstić information content (AvgIpc) is 2.88. The molecule has 0 radical (unpaired) electrons. The van der Waals surface area contributed by atoms with Gasteiger partial charge in [-0.05, 0) is 30.5 Å². The second-order valence-electron chi connectivity index (χ2n) is 3.61. The summed E-state index contributed by atoms with van der Waals surface area (Å²) in [6.07, 6.45) is 2.52. The molecular weight excluding hydrogens is 180 g/mol. The molecule has 1 fully saturated rings. The van der Waals surface area contributed by atoms with E-state index in [2.05, 4.69) is 6.07 Å². The van der Waals surface area contributed by atoms with Crippen LogP contribution in [0, 0.1) is 0 Å². The van der Waals surface area contributed by atoms with E-state index in [0.717, 1.165) is 30.9 Å². The van der Waals surface area contributed by atoms with E-state index < -0.39 is 0 Å². The maximum absolute atomic E-state index is 5.60. The molecule has 74 valence electrons. The lowest BCUT2D eigenvalue weighted by atomic mass is 10.1. The first kappa shape index (κ1) is 8.12. The zero-order valence-corrected chi connectivity index (χ0v) is 7.86. The molecule has 1 aromatic carbocycles. The van der Waals surface area contributed by atoms with Crippen LogP contribution in [-0.2, 0) is 4.74 Å². The summed E-state index contributed by atoms with van der Waals surface area (Å²) in [5.74, 6) is 1.68. The Balaban J connectivity index is 1.91. The summed E-state index contributed by atoms with van der Waals surface area (Å²) in [7, 11) is 0. The van der Waals surface area contributed by atoms with Gasteiger partial charge in [-0.1, -0.05) is 6.07 Å². The van der Waals surface area contributed by atoms with Crippen molar-refractivity contribution >= 4 is 0 Å². The van der Waals surface area contributed by atoms with Crippen molar-refractivity contribution in [2.24, 2.45) is 0 Å². The van der Waals surface area contributed by atoms with Crippen LogP contribution in [0.25, 0.3) is 0 Å². The van der Waals surface area contributed by atoms with Crippen LogP contribution >= 0.6 is 0 Å². The fourth-order valence-electron chi connectivity index (χ4n) is 1.95. The molecule has 1 unspecified atom stereocenters. The lowest BCUT2D eigenvalue weighted by Gasteiger charge is -2.09. The Morgan fingerprint density at radius 1 is 1.14 bits per heavy atom. The predicted octanol–water partition coefficient (Wildman–Crippen LogP) is 2.27. The first-order chi connectivity index (χ1) is 6.93. The van der Waals surface area contributed by atoms with Gasteiger partial charge in [0, 0.05) is 6.61 Å². The summed E-state index contributed by atoms with van der Waals surface area (Å²) in [6, 6.07) is 6.04. The van der Waals surface area contributed by atoms with Gasteiger partial charge in [0.05, 0.1) is 6.10 Å². The molecule has 3 heteroatoms. The van der Waals surface area contributed by atoms with Crippen LogP contribution in [0.1, 0.15) is 24.5 Å². The highest BCUT2D eigenvalue weighted by Crippen LogP contribution is 2.37. The maximum atomic E-state index is 5.60. The van der Waals surface area contributed by atoms with Crippen LogP contribution in [0.4, 0.5) is 0 Å². The first-order valence-electron chi connectivity index (χ1n) is 4.94. The summed E-state index contributed by atoms with van der Waals surface area (Å²) in [5.41, 5.74) is 1.20. The van der Waals surface area contributed by atoms with Crippen molar-refractivity contribution in [1.82, 2.24) is 0 Å². The number of hydrogen-bond donors (Lipinski definition) is 0. The molecular formula is C11H12O3. The lowest BCUT2D eigenvalue weighted by molar-refractivity contribution is 0.111. The van der Waals surface area contributed by atoms with Gasteiger partial charge < -0.3 is 14.2 Å². The third kappa shape index (κ3) is 1.24. The van der Waals surface area contributed by atoms with E-state index in [1.54, 1.807) is 0 Å². The van der Waals surface area contributed by atoms with Crippen molar-refractivity contribution in [3.63, 3.8) is 0 Å². The van der Waals surface area contributed by atoms with Crippen LogP contribution in [-0.4, -0.2) is 13.4 Å². The van der Waals surface area contributed by atoms with Gasteiger partial charge in [0.1, 0.15) is 0 Å². The smallest absolute Gasteiger partial charge is 0.231 e. The van der Waals surface area contributed by atoms with Crippen LogP contribution in [0.2, 0.25) is 0 Å². The molecule has 0 N–H and O–H groups in total. The lowest BCUT2D eigenvalue weighted by Crippen LogP contribution is -1.95. The Morgan fingerprint density at radius 3 is 2.93 bits per heavy atom. The third-order valence-electron chi connectivity index (χ3n) is 2.70. The first-order valence-corrected chi connectivity index (χ1v) is 4.94. The van der Waals surface area contributed by atoms with Crippen molar-refractivity contribution in [1.29, 1.82) is 0 Å². The topological polar surface area (TPSA) is 27.7 Å². The third-order valence-corrected chi connectivity index (χ3v) is 2.70. The molecule has 0 bridgehead atoms. The van der Waals surface area contributed by atoms with Gasteiger partial charge in [0.15, 0.2) is 11.5 Å². The summed E-state index contributed by atoms with van der Waals surface area (Å²) in [6.45, 7) is 1.21. The van der Waals surface area contributed by atoms with Gasteiger partial charge in [0.2, 0.25) is 6.79 Å². The summed E-state index contributed by atoms with van der Waals surface area (Å²) < 4.78 is 16.2. The highest BCUT2D eigenvalue weighted by molar-refractivity contribution is 5.45. The molecule has 1 aromatic rings. The highest BCUT2D eigenvalue weighted by atomic mass is 16.7. The summed E-state index contributed by atoms with van der Waals surface area (Å²) in [4.78, 5) is 0. The zero-order chi connectivity index (χ0) is 9.38. The minimum absolute atomic E-state index is 0.254. The van der Waals surface area contributed by atoms with E-state index in [4.69, 9.17) is 14.2 Å². The molecule has 2 aliphatic rings. The molecule has 1 atom stereocenters. The molecule has 0 aliphatic carbocycles. The number of benzene rings is 1. The van der Waals surface area contributed by atoms with Crippen LogP contribution in [0.15, 0.2) is 18.2 Å². The Bertz CT molecular complexity index is 342. The summed E-state index contributed by atoms with van der Waals surface area (Å²) in [5, 5.41) is 0. The monoisotopic (exact) mass is 192 g/mol. The van der Waals surface area contributed by atoms with E-state index >= 15 is 0 Å². The quantitative estimate of drug-likeness (QED) is 0.683. The predicted molar refractivity (Wildman–Crippen MR) is 50.5 cm³/mol. The average molecular weight is 192 g/mol. The van der Waals surface area contributed by atoms with Gasteiger partial charge in [-0.2, -0.15) is 0 Å². The van der Waals surface area contributed by atoms with Crippen LogP contribution in [0.3, 0.4) is 0 Å². The molecule has 1 saturated heterocycles. The summed E-state index contributed by atoms with van der Waals surface area (Å²) >= 11 is 0. The second kappa shape index (κ2) is 3.17. The Hall–Kier alpha value is -1.22. The molecule has 14 heavy (non-hydrogen) atoms. The standard InChI is InChI=1S/C11H12O3/c1-2-9(12-5-1)8-3-4-10-11(6-8)14-7-13-10/h3-4,6,9H,1-2,5,7H2. The molecule has 2 aliphatic heterocycles. The van der Waals surface area contributed by atoms with E-state index in [1.165, 1.54) is 5.56 Å². The van der Waals surface area contributed by atoms with E-state index in [9.17, 15) is 0 Å². The van der Waals surface area contributed by atoms with Gasteiger partial charge in [-0.25, -0.2) is 0 Å². The van der Waals surface area contributed by atoms with Crippen LogP contribution in [0.5, 0.6) is 11.5 Å². The fourth-order valence-corrected chi connectivity index (χ4v) is 1.95. The Kier molecular flexibility index (Phi) is 1.84. The van der Waals surface area contributed by atoms with Gasteiger partial charge in [-0.15, -0.1) is 0 Å². The zero-order valence-electron chi connectivity index (χ0n) is 7.86. The molecule has 0 aromatic heterocycles. The molecule has 2 heterocycles. The fraction of sp³-hybridized carbons (Fsp3) is 0.455. The van der Waals surface area contributed by atoms with Gasteiger partial charge in [0.25, 0.3) is 0 Å². The minimum Gasteiger partial charge on any atom is -0.454 e. The van der Waals surface area contributed by atoms with E-state index in [-0.39, 0.29) is 6.10 Å². The van der Waals surface area contributed by atoms with Crippen molar-refractivity contribution in [3.05, 3.63) is 23.8 Å². The largest absolute Gasteiger partial charge is 0.454 e. The molecule has 0 spiro atoms. The molecule has 0 saturated carbocycles. The molecule has 0 amide bonds. The number of hydrogen-bond acceptors (Lipinski definition) is 3. The number of rotatable bonds is 1. The SMILES string of the molecule is c1cc2c(cc1C1CCCO1)OCO2. The maximum Gasteiger partial charge on any atom is 0.231 e. The minimum atomic E-state index is 0.254. The molecule has 3 rings (SSSR count). The van der Waals surface area contributed by atoms with Gasteiger partial charge >= 0.3 is 0 Å². The highest BCUT2D eigenvalue weighted by Gasteiger charge is 2.21. The van der Waals surface area contributed by atoms with Crippen molar-refractivity contribution < 1.29 is 14.2 Å². The van der Waals surface area contributed by atoms with Crippen molar-refractivity contribution in [2.45, 2.75) is 18.9 Å². The number of fused-ring (bicyclic) bond motifs is 1. The second-order valence-corrected chi connectivity index (χ2v) is 3.61. The van der Waals surface area contributed by atoms with Crippen molar-refractivity contribution in [3.8, 4) is 11.5 Å². The number of ether oxygens (including phenoxy) is 3. The normalized spacial score (nSPS) is 24.1. The van der Waals surface area contributed by atoms with Crippen LogP contribution < -0.4 is 9.47 Å². The van der Waals surface area contributed by atoms with E-state index in [0.29, 0.717) is 6.79 Å². The van der Waals surface area contributed by atoms with Crippen molar-refractivity contribution in [2.75, 3.05) is 13.4 Å². The Morgan fingerprint density at radius 2 is 2.07 bits per heavy atom. The van der Waals surface area contributed by atoms with E-state index in [1.807, 2.05) is 12.1 Å². The Labute approximate surface area is 82.6 Å².